The lowest BCUT2D eigenvalue weighted by Gasteiger charge is -2.41. The topological polar surface area (TPSA) is 279 Å². The van der Waals surface area contributed by atoms with Gasteiger partial charge in [-0.15, -0.1) is 0 Å². The van der Waals surface area contributed by atoms with Gasteiger partial charge in [-0.3, -0.25) is 57.5 Å². The molecule has 0 radical (unpaired) electrons. The second-order valence-electron chi connectivity index (χ2n) is 27.1. The number of hydrogen-bond donors (Lipinski definition) is 3. The van der Waals surface area contributed by atoms with Crippen molar-refractivity contribution in [2.45, 2.75) is 205 Å². The standard InChI is InChI=1S/C68H107ClN12O13/c1-11-45(2)60-67(92)75(6)41-58(85)73(4)42-59(86)77(8)53(38-47-24-15-12-16-25-47)65(90)74(5)40-55(82)71-51(44-94-43-48-30-32-50(69)33-31-48)64(89)81-37-23-28-52(81)63(88)70-34-20-19-29-56(83)79(10)61(49-26-17-13-18-27-49)68(93)78(9)54(66(91)80-35-21-14-22-36-80)39-57(84)76(7)46(3)62(87)72-60/h30-33,45-47,49,51-54,60-61H,11-29,34-44H2,1-10H3,(H,70,88)(H,71,82)(H,72,87)/t45-,46-,51-,52-,53-,54-,60-,61-/m0/s1. The highest BCUT2D eigenvalue weighted by Crippen LogP contribution is 2.32. The van der Waals surface area contributed by atoms with Crippen LogP contribution in [-0.4, -0.2) is 259 Å². The van der Waals surface area contributed by atoms with Crippen molar-refractivity contribution in [2.75, 3.05) is 102 Å². The number of ether oxygens (including phenoxy) is 1. The van der Waals surface area contributed by atoms with E-state index < -0.39 is 139 Å². The van der Waals surface area contributed by atoms with Gasteiger partial charge in [-0.2, -0.15) is 0 Å². The fraction of sp³-hybridized carbons (Fsp3) is 0.735. The van der Waals surface area contributed by atoms with Crippen LogP contribution < -0.4 is 16.0 Å². The van der Waals surface area contributed by atoms with Gasteiger partial charge in [0, 0.05) is 87.0 Å². The summed E-state index contributed by atoms with van der Waals surface area (Å²) in [6.07, 6.45) is 12.8. The van der Waals surface area contributed by atoms with E-state index in [1.807, 2.05) is 6.92 Å². The van der Waals surface area contributed by atoms with Gasteiger partial charge in [-0.05, 0) is 107 Å². The summed E-state index contributed by atoms with van der Waals surface area (Å²) in [6.45, 7) is 4.65. The van der Waals surface area contributed by atoms with Gasteiger partial charge >= 0.3 is 0 Å². The van der Waals surface area contributed by atoms with E-state index in [4.69, 9.17) is 16.3 Å². The lowest BCUT2D eigenvalue weighted by Crippen LogP contribution is -2.59. The van der Waals surface area contributed by atoms with Crippen LogP contribution in [0.1, 0.15) is 161 Å². The zero-order chi connectivity index (χ0) is 68.9. The van der Waals surface area contributed by atoms with Gasteiger partial charge < -0.3 is 64.8 Å². The van der Waals surface area contributed by atoms with E-state index in [1.165, 1.54) is 78.6 Å². The number of carbonyl (C=O) groups is 12. The Labute approximate surface area is 561 Å². The molecule has 5 aliphatic rings. The third-order valence-corrected chi connectivity index (χ3v) is 20.5. The highest BCUT2D eigenvalue weighted by Gasteiger charge is 2.44. The Morgan fingerprint density at radius 3 is 1.86 bits per heavy atom. The van der Waals surface area contributed by atoms with E-state index >= 15 is 4.79 Å². The van der Waals surface area contributed by atoms with Crippen LogP contribution in [0.4, 0.5) is 0 Å². The number of carbonyl (C=O) groups excluding carboxylic acids is 12. The summed E-state index contributed by atoms with van der Waals surface area (Å²) in [7, 11) is 10.2. The van der Waals surface area contributed by atoms with E-state index in [2.05, 4.69) is 16.0 Å². The fourth-order valence-electron chi connectivity index (χ4n) is 13.7. The van der Waals surface area contributed by atoms with E-state index in [1.54, 1.807) is 43.1 Å². The van der Waals surface area contributed by atoms with Gasteiger partial charge in [0.25, 0.3) is 0 Å². The van der Waals surface area contributed by atoms with Gasteiger partial charge in [0.05, 0.1) is 39.3 Å². The SMILES string of the molecule is CC[C@H](C)[C@@H]1NC(=O)[C@H](C)N(C)C(=O)C[C@@H](C(=O)N2CCCCC2)N(C)C(=O)[C@H](C2CCCCC2)N(C)C(=O)CCCCNC(=O)[C@@H]2CCCN2C(=O)[C@H](COCc2ccc(Cl)cc2)NC(=O)CN(C)C(=O)[C@H](CC2CCCCC2)N(C)C(=O)CN(C)C(=O)CN(C)C1=O. The molecule has 524 valence electrons. The number of nitrogens with zero attached hydrogens (tertiary/aromatic N) is 9. The smallest absolute Gasteiger partial charge is 0.248 e. The van der Waals surface area contributed by atoms with Crippen LogP contribution in [0.25, 0.3) is 0 Å². The lowest BCUT2D eigenvalue weighted by atomic mass is 9.82. The van der Waals surface area contributed by atoms with Crippen molar-refractivity contribution in [3.05, 3.63) is 34.9 Å². The number of likely N-dealkylation sites (tertiary alicyclic amines) is 1. The van der Waals surface area contributed by atoms with Crippen LogP contribution in [0.2, 0.25) is 5.02 Å². The molecule has 3 saturated heterocycles. The fourth-order valence-corrected chi connectivity index (χ4v) is 13.8. The van der Waals surface area contributed by atoms with Crippen molar-refractivity contribution in [2.24, 2.45) is 17.8 Å². The molecular formula is C68H107ClN12O13. The van der Waals surface area contributed by atoms with Crippen molar-refractivity contribution in [1.82, 2.24) is 60.0 Å². The number of benzene rings is 1. The number of likely N-dealkylation sites (N-methyl/N-ethyl adjacent to an activating group) is 7. The molecule has 25 nitrogen and oxygen atoms in total. The molecule has 26 heteroatoms. The molecule has 2 aliphatic carbocycles. The predicted octanol–water partition coefficient (Wildman–Crippen LogP) is 3.82. The molecule has 3 heterocycles. The second-order valence-corrected chi connectivity index (χ2v) is 27.5. The van der Waals surface area contributed by atoms with E-state index in [9.17, 15) is 52.7 Å². The molecule has 0 spiro atoms. The minimum atomic E-state index is -1.29. The van der Waals surface area contributed by atoms with Crippen LogP contribution in [0.5, 0.6) is 0 Å². The maximum absolute atomic E-state index is 15.2. The maximum atomic E-state index is 15.2. The Bertz CT molecular complexity index is 2790. The average molecular weight is 1340 g/mol. The molecule has 2 saturated carbocycles. The van der Waals surface area contributed by atoms with Crippen molar-refractivity contribution in [1.29, 1.82) is 0 Å². The third-order valence-electron chi connectivity index (χ3n) is 20.2. The summed E-state index contributed by atoms with van der Waals surface area (Å²) in [5, 5.41) is 9.08. The molecular weight excluding hydrogens is 1230 g/mol. The molecule has 6 rings (SSSR count). The lowest BCUT2D eigenvalue weighted by molar-refractivity contribution is -0.155. The number of nitrogens with one attached hydrogen (secondary N) is 3. The largest absolute Gasteiger partial charge is 0.374 e. The van der Waals surface area contributed by atoms with Crippen LogP contribution in [0.15, 0.2) is 24.3 Å². The highest BCUT2D eigenvalue weighted by molar-refractivity contribution is 6.30. The van der Waals surface area contributed by atoms with Gasteiger partial charge in [-0.25, -0.2) is 0 Å². The second kappa shape index (κ2) is 36.8. The molecule has 0 unspecified atom stereocenters. The first-order valence-corrected chi connectivity index (χ1v) is 34.7. The van der Waals surface area contributed by atoms with Crippen LogP contribution in [-0.2, 0) is 68.9 Å². The normalized spacial score (nSPS) is 26.7. The zero-order valence-corrected chi connectivity index (χ0v) is 58.3. The Kier molecular flexibility index (Phi) is 29.8. The van der Waals surface area contributed by atoms with E-state index in [0.717, 1.165) is 86.0 Å². The molecule has 1 aromatic rings. The molecule has 12 amide bonds. The predicted molar refractivity (Wildman–Crippen MR) is 354 cm³/mol. The minimum absolute atomic E-state index is 0.0312. The number of rotatable bonds is 10. The minimum Gasteiger partial charge on any atom is -0.374 e. The van der Waals surface area contributed by atoms with Crippen LogP contribution in [0.3, 0.4) is 0 Å². The molecule has 94 heavy (non-hydrogen) atoms. The van der Waals surface area contributed by atoms with Gasteiger partial charge in [-0.1, -0.05) is 95.4 Å². The Hall–Kier alpha value is -6.89. The number of amides is 12. The summed E-state index contributed by atoms with van der Waals surface area (Å²) in [6, 6.07) is -0.879. The van der Waals surface area contributed by atoms with Crippen molar-refractivity contribution >= 4 is 82.5 Å². The molecule has 3 N–H and O–H groups in total. The molecule has 0 bridgehead atoms. The summed E-state index contributed by atoms with van der Waals surface area (Å²) < 4.78 is 6.04. The highest BCUT2D eigenvalue weighted by atomic mass is 35.5. The van der Waals surface area contributed by atoms with E-state index in [-0.39, 0.29) is 50.5 Å². The molecule has 8 atom stereocenters. The first kappa shape index (κ1) is 76.1. The van der Waals surface area contributed by atoms with E-state index in [0.29, 0.717) is 69.5 Å². The van der Waals surface area contributed by atoms with Crippen molar-refractivity contribution in [3.63, 3.8) is 0 Å². The van der Waals surface area contributed by atoms with Gasteiger partial charge in [0.15, 0.2) is 0 Å². The Morgan fingerprint density at radius 1 is 0.596 bits per heavy atom. The molecule has 1 aromatic carbocycles. The summed E-state index contributed by atoms with van der Waals surface area (Å²) in [4.78, 5) is 185. The monoisotopic (exact) mass is 1330 g/mol. The Balaban J connectivity index is 1.29. The number of halogens is 1. The Morgan fingerprint density at radius 2 is 1.21 bits per heavy atom. The number of fused-ring (bicyclic) bond motifs is 1. The summed E-state index contributed by atoms with van der Waals surface area (Å²) in [5.74, 6) is -7.12. The summed E-state index contributed by atoms with van der Waals surface area (Å²) >= 11 is 6.13. The van der Waals surface area contributed by atoms with Gasteiger partial charge in [0.1, 0.15) is 42.3 Å². The van der Waals surface area contributed by atoms with Crippen molar-refractivity contribution < 1.29 is 62.3 Å². The molecule has 0 aromatic heterocycles. The average Bonchev–Trinajstić information content (AvgIpc) is 0.920. The number of piperidine rings is 1. The van der Waals surface area contributed by atoms with Gasteiger partial charge in [0.2, 0.25) is 70.9 Å². The molecule has 3 aliphatic heterocycles. The first-order valence-electron chi connectivity index (χ1n) is 34.3. The quantitative estimate of drug-likeness (QED) is 0.301. The van der Waals surface area contributed by atoms with Crippen molar-refractivity contribution in [3.8, 4) is 0 Å². The van der Waals surface area contributed by atoms with Crippen LogP contribution >= 0.6 is 11.6 Å². The zero-order valence-electron chi connectivity index (χ0n) is 57.5. The third kappa shape index (κ3) is 21.1. The first-order chi connectivity index (χ1) is 44.7. The summed E-state index contributed by atoms with van der Waals surface area (Å²) in [5.41, 5.74) is 0.749. The molecule has 5 fully saturated rings. The number of hydrogen-bond acceptors (Lipinski definition) is 13. The van der Waals surface area contributed by atoms with Crippen LogP contribution in [0, 0.1) is 17.8 Å². The maximum Gasteiger partial charge on any atom is 0.248 e.